The number of hydrogen-bond donors (Lipinski definition) is 3. The van der Waals surface area contributed by atoms with Gasteiger partial charge in [-0.05, 0) is 63.2 Å². The van der Waals surface area contributed by atoms with E-state index in [-0.39, 0.29) is 22.9 Å². The first-order chi connectivity index (χ1) is 16.3. The van der Waals surface area contributed by atoms with Crippen LogP contribution in [0.15, 0.2) is 60.7 Å². The Labute approximate surface area is 198 Å². The van der Waals surface area contributed by atoms with Crippen LogP contribution in [0.2, 0.25) is 0 Å². The van der Waals surface area contributed by atoms with Gasteiger partial charge in [-0.15, -0.1) is 0 Å². The van der Waals surface area contributed by atoms with Crippen LogP contribution in [-0.2, 0) is 10.9 Å². The van der Waals surface area contributed by atoms with Gasteiger partial charge in [0, 0.05) is 17.4 Å². The number of nitrogens with one attached hydrogen (secondary N) is 3. The molecule has 0 spiro atoms. The van der Waals surface area contributed by atoms with Gasteiger partial charge in [0.25, 0.3) is 5.91 Å². The van der Waals surface area contributed by atoms with E-state index >= 15 is 0 Å². The van der Waals surface area contributed by atoms with E-state index < -0.39 is 35.2 Å². The van der Waals surface area contributed by atoms with Gasteiger partial charge in [0.05, 0.1) is 11.3 Å². The molecule has 184 valence electrons. The highest BCUT2D eigenvalue weighted by molar-refractivity contribution is 6.04. The summed E-state index contributed by atoms with van der Waals surface area (Å²) in [5, 5.41) is 7.66. The summed E-state index contributed by atoms with van der Waals surface area (Å²) < 4.78 is 57.8. The Bertz CT molecular complexity index is 1240. The zero-order valence-corrected chi connectivity index (χ0v) is 19.0. The van der Waals surface area contributed by atoms with Crippen LogP contribution in [0.1, 0.15) is 36.8 Å². The number of pyridine rings is 1. The Morgan fingerprint density at radius 2 is 1.54 bits per heavy atom. The van der Waals surface area contributed by atoms with Crippen LogP contribution in [-0.4, -0.2) is 22.6 Å². The molecule has 0 bridgehead atoms. The molecular formula is C24H22F4N4O3. The second kappa shape index (κ2) is 10.00. The van der Waals surface area contributed by atoms with Crippen LogP contribution < -0.4 is 16.0 Å². The molecule has 35 heavy (non-hydrogen) atoms. The Hall–Kier alpha value is -4.15. The van der Waals surface area contributed by atoms with Crippen molar-refractivity contribution in [1.29, 1.82) is 0 Å². The van der Waals surface area contributed by atoms with E-state index in [1.165, 1.54) is 36.4 Å². The van der Waals surface area contributed by atoms with Crippen molar-refractivity contribution in [2.75, 3.05) is 16.0 Å². The van der Waals surface area contributed by atoms with Crippen LogP contribution >= 0.6 is 0 Å². The molecule has 11 heteroatoms. The van der Waals surface area contributed by atoms with Crippen LogP contribution in [0.3, 0.4) is 0 Å². The standard InChI is InChI=1S/C24H22F4N4O3/c1-23(2,3)35-22(34)31-18-12-19(32-20(13-18)29-17-9-5-7-15(25)11-17)21(33)30-16-8-4-6-14(10-16)24(26,27)28/h4-13H,1-3H3,(H,30,33)(H2,29,31,32,34). The summed E-state index contributed by atoms with van der Waals surface area (Å²) in [6, 6.07) is 12.2. The maximum Gasteiger partial charge on any atom is 0.416 e. The number of nitrogens with zero attached hydrogens (tertiary/aromatic N) is 1. The number of ether oxygens (including phenoxy) is 1. The molecule has 1 aromatic heterocycles. The highest BCUT2D eigenvalue weighted by atomic mass is 19.4. The smallest absolute Gasteiger partial charge is 0.416 e. The lowest BCUT2D eigenvalue weighted by Gasteiger charge is -2.20. The number of rotatable bonds is 5. The second-order valence-electron chi connectivity index (χ2n) is 8.42. The van der Waals surface area contributed by atoms with Crippen molar-refractivity contribution in [3.05, 3.63) is 77.7 Å². The van der Waals surface area contributed by atoms with Crippen LogP contribution in [0.5, 0.6) is 0 Å². The minimum Gasteiger partial charge on any atom is -0.444 e. The summed E-state index contributed by atoms with van der Waals surface area (Å²) in [5.41, 5.74) is -1.62. The largest absolute Gasteiger partial charge is 0.444 e. The average Bonchev–Trinajstić information content (AvgIpc) is 2.71. The minimum atomic E-state index is -4.59. The van der Waals surface area contributed by atoms with E-state index in [0.29, 0.717) is 5.69 Å². The number of amides is 2. The molecule has 0 aliphatic heterocycles. The molecular weight excluding hydrogens is 468 g/mol. The molecule has 0 aliphatic carbocycles. The van der Waals surface area contributed by atoms with E-state index in [9.17, 15) is 27.2 Å². The summed E-state index contributed by atoms with van der Waals surface area (Å²) in [6.45, 7) is 5.01. The van der Waals surface area contributed by atoms with E-state index in [1.807, 2.05) is 0 Å². The quantitative estimate of drug-likeness (QED) is 0.351. The normalized spacial score (nSPS) is 11.5. The summed E-state index contributed by atoms with van der Waals surface area (Å²) in [5.74, 6) is -1.28. The molecule has 1 heterocycles. The Morgan fingerprint density at radius 1 is 0.857 bits per heavy atom. The van der Waals surface area contributed by atoms with Gasteiger partial charge >= 0.3 is 12.3 Å². The van der Waals surface area contributed by atoms with Crippen molar-refractivity contribution < 1.29 is 31.9 Å². The second-order valence-corrected chi connectivity index (χ2v) is 8.42. The molecule has 3 N–H and O–H groups in total. The Kier molecular flexibility index (Phi) is 7.28. The summed E-state index contributed by atoms with van der Waals surface area (Å²) in [6.07, 6.45) is -5.39. The van der Waals surface area contributed by atoms with Gasteiger partial charge in [-0.3, -0.25) is 10.1 Å². The summed E-state index contributed by atoms with van der Waals surface area (Å²) >= 11 is 0. The molecule has 3 rings (SSSR count). The lowest BCUT2D eigenvalue weighted by molar-refractivity contribution is -0.137. The zero-order valence-electron chi connectivity index (χ0n) is 19.0. The third-order valence-electron chi connectivity index (χ3n) is 4.25. The van der Waals surface area contributed by atoms with E-state index in [4.69, 9.17) is 4.74 Å². The van der Waals surface area contributed by atoms with E-state index in [2.05, 4.69) is 20.9 Å². The minimum absolute atomic E-state index is 0.0679. The van der Waals surface area contributed by atoms with Crippen molar-refractivity contribution in [2.45, 2.75) is 32.5 Å². The van der Waals surface area contributed by atoms with E-state index in [1.54, 1.807) is 26.8 Å². The van der Waals surface area contributed by atoms with Crippen LogP contribution in [0.25, 0.3) is 0 Å². The van der Waals surface area contributed by atoms with Gasteiger partial charge < -0.3 is 15.4 Å². The third kappa shape index (κ3) is 7.70. The first-order valence-corrected chi connectivity index (χ1v) is 10.3. The number of hydrogen-bond acceptors (Lipinski definition) is 5. The number of benzene rings is 2. The lowest BCUT2D eigenvalue weighted by atomic mass is 10.2. The van der Waals surface area contributed by atoms with E-state index in [0.717, 1.165) is 18.2 Å². The molecule has 7 nitrogen and oxygen atoms in total. The molecule has 0 atom stereocenters. The monoisotopic (exact) mass is 490 g/mol. The maximum absolute atomic E-state index is 13.6. The van der Waals surface area contributed by atoms with Crippen molar-refractivity contribution in [2.24, 2.45) is 0 Å². The average molecular weight is 490 g/mol. The van der Waals surface area contributed by atoms with Gasteiger partial charge in [0.15, 0.2) is 0 Å². The molecule has 3 aromatic rings. The van der Waals surface area contributed by atoms with Gasteiger partial charge in [0.1, 0.15) is 22.9 Å². The van der Waals surface area contributed by atoms with Gasteiger partial charge in [-0.1, -0.05) is 12.1 Å². The fraction of sp³-hybridized carbons (Fsp3) is 0.208. The first-order valence-electron chi connectivity index (χ1n) is 10.3. The van der Waals surface area contributed by atoms with Gasteiger partial charge in [-0.25, -0.2) is 14.2 Å². The van der Waals surface area contributed by atoms with Crippen LogP contribution in [0.4, 0.5) is 45.2 Å². The van der Waals surface area contributed by atoms with Crippen molar-refractivity contribution in [1.82, 2.24) is 4.98 Å². The summed E-state index contributed by atoms with van der Waals surface area (Å²) in [4.78, 5) is 29.2. The summed E-state index contributed by atoms with van der Waals surface area (Å²) in [7, 11) is 0. The number of halogens is 4. The van der Waals surface area contributed by atoms with Crippen LogP contribution in [0, 0.1) is 5.82 Å². The van der Waals surface area contributed by atoms with Crippen molar-refractivity contribution >= 4 is 34.9 Å². The maximum atomic E-state index is 13.6. The highest BCUT2D eigenvalue weighted by Crippen LogP contribution is 2.31. The molecule has 2 amide bonds. The number of aromatic nitrogens is 1. The fourth-order valence-corrected chi connectivity index (χ4v) is 2.89. The SMILES string of the molecule is CC(C)(C)OC(=O)Nc1cc(Nc2cccc(F)c2)nc(C(=O)Nc2cccc(C(F)(F)F)c2)c1. The molecule has 0 fully saturated rings. The van der Waals surface area contributed by atoms with Gasteiger partial charge in [-0.2, -0.15) is 13.2 Å². The number of carbonyl (C=O) groups is 2. The van der Waals surface area contributed by atoms with Crippen molar-refractivity contribution in [3.63, 3.8) is 0 Å². The molecule has 0 aliphatic rings. The van der Waals surface area contributed by atoms with Gasteiger partial charge in [0.2, 0.25) is 0 Å². The molecule has 0 saturated heterocycles. The van der Waals surface area contributed by atoms with Crippen molar-refractivity contribution in [3.8, 4) is 0 Å². The zero-order chi connectivity index (χ0) is 25.8. The predicted octanol–water partition coefficient (Wildman–Crippen LogP) is 6.58. The third-order valence-corrected chi connectivity index (χ3v) is 4.25. The number of anilines is 4. The molecule has 2 aromatic carbocycles. The number of carbonyl (C=O) groups excluding carboxylic acids is 2. The molecule has 0 saturated carbocycles. The Balaban J connectivity index is 1.91. The number of alkyl halides is 3. The first kappa shape index (κ1) is 25.5. The Morgan fingerprint density at radius 3 is 2.20 bits per heavy atom. The lowest BCUT2D eigenvalue weighted by Crippen LogP contribution is -2.27. The molecule has 0 radical (unpaired) electrons. The highest BCUT2D eigenvalue weighted by Gasteiger charge is 2.30. The fourth-order valence-electron chi connectivity index (χ4n) is 2.89. The topological polar surface area (TPSA) is 92.3 Å². The predicted molar refractivity (Wildman–Crippen MR) is 123 cm³/mol. The molecule has 0 unspecified atom stereocenters.